The summed E-state index contributed by atoms with van der Waals surface area (Å²) in [6, 6.07) is 4.26. The first kappa shape index (κ1) is 19.1. The van der Waals surface area contributed by atoms with E-state index in [4.69, 9.17) is 9.97 Å². The maximum atomic E-state index is 12.4. The highest BCUT2D eigenvalue weighted by Crippen LogP contribution is 2.41. The number of aromatic nitrogens is 3. The van der Waals surface area contributed by atoms with Crippen molar-refractivity contribution in [1.29, 1.82) is 0 Å². The van der Waals surface area contributed by atoms with Gasteiger partial charge in [0.1, 0.15) is 10.6 Å². The summed E-state index contributed by atoms with van der Waals surface area (Å²) in [6.07, 6.45) is 11.4. The Hall–Kier alpha value is -1.86. The minimum Gasteiger partial charge on any atom is -0.367 e. The van der Waals surface area contributed by atoms with Crippen LogP contribution in [0.5, 0.6) is 0 Å². The molecule has 1 fully saturated rings. The van der Waals surface area contributed by atoms with E-state index in [0.29, 0.717) is 11.3 Å². The van der Waals surface area contributed by atoms with Crippen LogP contribution in [0.3, 0.4) is 0 Å². The summed E-state index contributed by atoms with van der Waals surface area (Å²) < 4.78 is 12.4. The van der Waals surface area contributed by atoms with Crippen LogP contribution >= 0.6 is 11.3 Å². The third-order valence-corrected chi connectivity index (χ3v) is 9.03. The molecule has 29 heavy (non-hydrogen) atoms. The summed E-state index contributed by atoms with van der Waals surface area (Å²) in [6.45, 7) is 2.02. The molecule has 0 aromatic carbocycles. The third-order valence-electron chi connectivity index (χ3n) is 6.11. The topological polar surface area (TPSA) is 67.8 Å². The van der Waals surface area contributed by atoms with Gasteiger partial charge < -0.3 is 5.32 Å². The van der Waals surface area contributed by atoms with Crippen LogP contribution in [0.1, 0.15) is 49.5 Å². The Bertz CT molecular complexity index is 1050. The average molecular weight is 427 g/mol. The van der Waals surface area contributed by atoms with Crippen molar-refractivity contribution in [2.45, 2.75) is 63.2 Å². The number of pyridine rings is 1. The van der Waals surface area contributed by atoms with E-state index in [1.807, 2.05) is 36.6 Å². The third kappa shape index (κ3) is 3.70. The van der Waals surface area contributed by atoms with Gasteiger partial charge in [-0.15, -0.1) is 11.3 Å². The van der Waals surface area contributed by atoms with Gasteiger partial charge in [0.15, 0.2) is 5.82 Å². The number of rotatable bonds is 5. The Balaban J connectivity index is 1.54. The van der Waals surface area contributed by atoms with Crippen LogP contribution in [0.25, 0.3) is 21.6 Å². The molecule has 0 bridgehead atoms. The van der Waals surface area contributed by atoms with E-state index in [1.165, 1.54) is 22.2 Å². The zero-order valence-electron chi connectivity index (χ0n) is 16.7. The summed E-state index contributed by atoms with van der Waals surface area (Å²) in [5.41, 5.74) is 2.38. The summed E-state index contributed by atoms with van der Waals surface area (Å²) >= 11 is 1.82. The molecular weight excluding hydrogens is 400 g/mol. The summed E-state index contributed by atoms with van der Waals surface area (Å²) in [5.74, 6) is 2.44. The lowest BCUT2D eigenvalue weighted by molar-refractivity contribution is 0.464. The van der Waals surface area contributed by atoms with Gasteiger partial charge in [0.05, 0.1) is 5.39 Å². The number of nitrogens with one attached hydrogen (secondary N) is 1. The second-order valence-electron chi connectivity index (χ2n) is 7.97. The van der Waals surface area contributed by atoms with Gasteiger partial charge in [-0.25, -0.2) is 9.97 Å². The fourth-order valence-electron chi connectivity index (χ4n) is 4.67. The van der Waals surface area contributed by atoms with E-state index in [2.05, 4.69) is 10.3 Å². The number of anilines is 1. The molecule has 3 unspecified atom stereocenters. The lowest BCUT2D eigenvalue weighted by atomic mass is 9.95. The first-order valence-corrected chi connectivity index (χ1v) is 12.8. The molecule has 152 valence electrons. The van der Waals surface area contributed by atoms with Crippen molar-refractivity contribution in [2.24, 2.45) is 0 Å². The van der Waals surface area contributed by atoms with Crippen molar-refractivity contribution < 1.29 is 4.21 Å². The summed E-state index contributed by atoms with van der Waals surface area (Å²) in [4.78, 5) is 16.7. The zero-order chi connectivity index (χ0) is 19.8. The molecule has 0 spiro atoms. The molecule has 7 heteroatoms. The van der Waals surface area contributed by atoms with Crippen molar-refractivity contribution >= 4 is 38.2 Å². The minimum atomic E-state index is -0.724. The van der Waals surface area contributed by atoms with Crippen LogP contribution in [0.15, 0.2) is 24.5 Å². The molecule has 3 heterocycles. The van der Waals surface area contributed by atoms with Gasteiger partial charge in [0, 0.05) is 50.7 Å². The van der Waals surface area contributed by atoms with Crippen LogP contribution in [-0.2, 0) is 23.6 Å². The minimum absolute atomic E-state index is 0.301. The zero-order valence-corrected chi connectivity index (χ0v) is 18.3. The number of aryl methyl sites for hydroxylation is 2. The van der Waals surface area contributed by atoms with Crippen LogP contribution in [0, 0.1) is 0 Å². The molecule has 3 aromatic heterocycles. The molecule has 3 aromatic rings. The number of hydrogen-bond donors (Lipinski definition) is 1. The summed E-state index contributed by atoms with van der Waals surface area (Å²) in [7, 11) is -0.724. The second kappa shape index (κ2) is 8.11. The molecular formula is C22H26N4OS2. The number of nitrogens with zero attached hydrogens (tertiary/aromatic N) is 3. The molecule has 0 amide bonds. The molecule has 5 nitrogen and oxygen atoms in total. The first-order valence-electron chi connectivity index (χ1n) is 10.6. The van der Waals surface area contributed by atoms with Gasteiger partial charge in [-0.05, 0) is 56.2 Å². The van der Waals surface area contributed by atoms with Crippen LogP contribution < -0.4 is 5.32 Å². The maximum Gasteiger partial charge on any atom is 0.164 e. The Morgan fingerprint density at radius 1 is 1.24 bits per heavy atom. The largest absolute Gasteiger partial charge is 0.367 e. The molecule has 3 atom stereocenters. The van der Waals surface area contributed by atoms with Gasteiger partial charge >= 0.3 is 0 Å². The fraction of sp³-hybridized carbons (Fsp3) is 0.500. The lowest BCUT2D eigenvalue weighted by Crippen LogP contribution is -2.33. The fourth-order valence-corrected chi connectivity index (χ4v) is 7.28. The Morgan fingerprint density at radius 3 is 3.00 bits per heavy atom. The molecule has 0 radical (unpaired) electrons. The molecule has 2 aliphatic rings. The van der Waals surface area contributed by atoms with Gasteiger partial charge in [0.25, 0.3) is 0 Å². The monoisotopic (exact) mass is 426 g/mol. The van der Waals surface area contributed by atoms with Crippen LogP contribution in [0.2, 0.25) is 0 Å². The average Bonchev–Trinajstić information content (AvgIpc) is 3.35. The van der Waals surface area contributed by atoms with Crippen LogP contribution in [0.4, 0.5) is 5.82 Å². The van der Waals surface area contributed by atoms with Crippen molar-refractivity contribution in [2.75, 3.05) is 11.1 Å². The highest BCUT2D eigenvalue weighted by Gasteiger charge is 2.28. The molecule has 2 aliphatic carbocycles. The van der Waals surface area contributed by atoms with E-state index in [1.54, 1.807) is 6.20 Å². The molecule has 0 aliphatic heterocycles. The quantitative estimate of drug-likeness (QED) is 0.639. The molecule has 1 N–H and O–H groups in total. The first-order chi connectivity index (χ1) is 14.2. The lowest BCUT2D eigenvalue weighted by Gasteiger charge is -2.29. The van der Waals surface area contributed by atoms with Crippen LogP contribution in [-0.4, -0.2) is 36.2 Å². The van der Waals surface area contributed by atoms with Crippen molar-refractivity contribution in [3.05, 3.63) is 35.0 Å². The SMILES string of the molecule is CCS(=O)C1CCCC(Nc2nc(-c3cccnc3)nc3sc4c(c23)CCC4)C1. The highest BCUT2D eigenvalue weighted by molar-refractivity contribution is 7.85. The van der Waals surface area contributed by atoms with Crippen molar-refractivity contribution in [3.63, 3.8) is 0 Å². The smallest absolute Gasteiger partial charge is 0.164 e. The number of fused-ring (bicyclic) bond motifs is 3. The van der Waals surface area contributed by atoms with Crippen molar-refractivity contribution in [3.8, 4) is 11.4 Å². The second-order valence-corrected chi connectivity index (χ2v) is 11.1. The standard InChI is InChI=1S/C22H26N4OS2/c1-2-29(27)16-8-3-7-15(12-16)24-21-19-17-9-4-10-18(17)28-22(19)26-20(25-21)14-6-5-11-23-13-14/h5-6,11,13,15-16H,2-4,7-10,12H2,1H3,(H,24,25,26). The van der Waals surface area contributed by atoms with Gasteiger partial charge in [-0.1, -0.05) is 13.3 Å². The number of thiophene rings is 1. The normalized spacial score (nSPS) is 22.5. The number of hydrogen-bond acceptors (Lipinski definition) is 6. The van der Waals surface area contributed by atoms with Gasteiger partial charge in [0.2, 0.25) is 0 Å². The van der Waals surface area contributed by atoms with E-state index in [0.717, 1.165) is 66.3 Å². The van der Waals surface area contributed by atoms with E-state index < -0.39 is 10.8 Å². The molecule has 0 saturated heterocycles. The van der Waals surface area contributed by atoms with E-state index >= 15 is 0 Å². The van der Waals surface area contributed by atoms with E-state index in [-0.39, 0.29) is 0 Å². The van der Waals surface area contributed by atoms with E-state index in [9.17, 15) is 4.21 Å². The Morgan fingerprint density at radius 2 is 2.17 bits per heavy atom. The van der Waals surface area contributed by atoms with Gasteiger partial charge in [-0.3, -0.25) is 9.19 Å². The predicted molar refractivity (Wildman–Crippen MR) is 121 cm³/mol. The highest BCUT2D eigenvalue weighted by atomic mass is 32.2. The molecule has 5 rings (SSSR count). The van der Waals surface area contributed by atoms with Crippen molar-refractivity contribution in [1.82, 2.24) is 15.0 Å². The Labute approximate surface area is 177 Å². The predicted octanol–water partition coefficient (Wildman–Crippen LogP) is 4.73. The maximum absolute atomic E-state index is 12.4. The summed E-state index contributed by atoms with van der Waals surface area (Å²) in [5, 5.41) is 5.28. The molecule has 1 saturated carbocycles. The van der Waals surface area contributed by atoms with Gasteiger partial charge in [-0.2, -0.15) is 0 Å². The Kier molecular flexibility index (Phi) is 5.35.